The summed E-state index contributed by atoms with van der Waals surface area (Å²) in [5.74, 6) is -0.267. The van der Waals surface area contributed by atoms with Gasteiger partial charge in [0.05, 0.1) is 5.92 Å². The SMILES string of the molecule is O=C(O)[C@H]1[C@@H]2C=C3CCc4cccc(c43)[C@H]21. The summed E-state index contributed by atoms with van der Waals surface area (Å²) in [5, 5.41) is 9.15. The molecule has 1 aromatic rings. The van der Waals surface area contributed by atoms with E-state index in [0.717, 1.165) is 12.8 Å². The molecule has 0 bridgehead atoms. The van der Waals surface area contributed by atoms with E-state index in [0.29, 0.717) is 0 Å². The zero-order chi connectivity index (χ0) is 10.9. The Kier molecular flexibility index (Phi) is 1.37. The van der Waals surface area contributed by atoms with Crippen molar-refractivity contribution >= 4 is 11.5 Å². The van der Waals surface area contributed by atoms with E-state index < -0.39 is 5.97 Å². The Hall–Kier alpha value is -1.57. The maximum atomic E-state index is 11.1. The lowest BCUT2D eigenvalue weighted by atomic mass is 9.91. The van der Waals surface area contributed by atoms with Crippen molar-refractivity contribution in [2.45, 2.75) is 18.8 Å². The molecule has 0 saturated heterocycles. The molecule has 2 heteroatoms. The van der Waals surface area contributed by atoms with E-state index in [1.807, 2.05) is 0 Å². The maximum absolute atomic E-state index is 11.1. The molecule has 1 N–H and O–H groups in total. The van der Waals surface area contributed by atoms with Crippen molar-refractivity contribution in [2.24, 2.45) is 11.8 Å². The highest BCUT2D eigenvalue weighted by atomic mass is 16.4. The van der Waals surface area contributed by atoms with E-state index in [1.54, 1.807) is 0 Å². The minimum atomic E-state index is -0.635. The predicted molar refractivity (Wildman–Crippen MR) is 60.1 cm³/mol. The fourth-order valence-corrected chi connectivity index (χ4v) is 3.55. The van der Waals surface area contributed by atoms with Gasteiger partial charge in [-0.3, -0.25) is 4.79 Å². The average Bonchev–Trinajstić information content (AvgIpc) is 2.86. The van der Waals surface area contributed by atoms with E-state index >= 15 is 0 Å². The molecule has 80 valence electrons. The van der Waals surface area contributed by atoms with Gasteiger partial charge in [0.25, 0.3) is 0 Å². The summed E-state index contributed by atoms with van der Waals surface area (Å²) in [7, 11) is 0. The monoisotopic (exact) mass is 212 g/mol. The molecular formula is C14H12O2. The first kappa shape index (κ1) is 8.57. The molecule has 0 amide bonds. The molecule has 3 atom stereocenters. The molecular weight excluding hydrogens is 200 g/mol. The molecule has 1 fully saturated rings. The molecule has 0 aliphatic heterocycles. The Balaban J connectivity index is 1.93. The smallest absolute Gasteiger partial charge is 0.307 e. The van der Waals surface area contributed by atoms with Crippen LogP contribution in [-0.2, 0) is 11.2 Å². The minimum Gasteiger partial charge on any atom is -0.481 e. The van der Waals surface area contributed by atoms with Gasteiger partial charge in [0, 0.05) is 5.92 Å². The van der Waals surface area contributed by atoms with Crippen LogP contribution in [-0.4, -0.2) is 11.1 Å². The third-order valence-electron chi connectivity index (χ3n) is 4.28. The van der Waals surface area contributed by atoms with E-state index in [9.17, 15) is 4.79 Å². The van der Waals surface area contributed by atoms with Crippen LogP contribution in [0.4, 0.5) is 0 Å². The number of fused-ring (bicyclic) bond motifs is 2. The molecule has 1 saturated carbocycles. The summed E-state index contributed by atoms with van der Waals surface area (Å²) in [5.41, 5.74) is 5.49. The Labute approximate surface area is 93.6 Å². The lowest BCUT2D eigenvalue weighted by Crippen LogP contribution is -2.00. The molecule has 2 nitrogen and oxygen atoms in total. The molecule has 3 aliphatic carbocycles. The van der Waals surface area contributed by atoms with Gasteiger partial charge in [-0.25, -0.2) is 0 Å². The first-order valence-electron chi connectivity index (χ1n) is 5.83. The standard InChI is InChI=1S/C14H12O2/c15-14(16)13-10-6-8-5-4-7-2-1-3-9(11(7)8)12(10)13/h1-3,6,10,12-13H,4-5H2,(H,15,16)/t10-,12-,13+/m1/s1. The average molecular weight is 212 g/mol. The summed E-state index contributed by atoms with van der Waals surface area (Å²) in [4.78, 5) is 11.1. The molecule has 0 unspecified atom stereocenters. The fraction of sp³-hybridized carbons (Fsp3) is 0.357. The van der Waals surface area contributed by atoms with Crippen molar-refractivity contribution in [3.63, 3.8) is 0 Å². The van der Waals surface area contributed by atoms with Crippen LogP contribution >= 0.6 is 0 Å². The third kappa shape index (κ3) is 0.861. The molecule has 3 aliphatic rings. The van der Waals surface area contributed by atoms with E-state index in [1.165, 1.54) is 22.3 Å². The minimum absolute atomic E-state index is 0.162. The van der Waals surface area contributed by atoms with Gasteiger partial charge in [-0.1, -0.05) is 24.3 Å². The van der Waals surface area contributed by atoms with Crippen LogP contribution in [0.1, 0.15) is 29.0 Å². The van der Waals surface area contributed by atoms with Crippen LogP contribution in [0, 0.1) is 11.8 Å². The summed E-state index contributed by atoms with van der Waals surface area (Å²) in [6.45, 7) is 0. The van der Waals surface area contributed by atoms with Gasteiger partial charge < -0.3 is 5.11 Å². The largest absolute Gasteiger partial charge is 0.481 e. The van der Waals surface area contributed by atoms with Crippen molar-refractivity contribution in [2.75, 3.05) is 0 Å². The highest BCUT2D eigenvalue weighted by Crippen LogP contribution is 2.61. The molecule has 0 heterocycles. The molecule has 4 rings (SSSR count). The summed E-state index contributed by atoms with van der Waals surface area (Å²) < 4.78 is 0. The van der Waals surface area contributed by atoms with Crippen LogP contribution in [0.25, 0.3) is 5.57 Å². The number of rotatable bonds is 1. The third-order valence-corrected chi connectivity index (χ3v) is 4.28. The Morgan fingerprint density at radius 2 is 2.19 bits per heavy atom. The Morgan fingerprint density at radius 3 is 3.00 bits per heavy atom. The van der Waals surface area contributed by atoms with Gasteiger partial charge >= 0.3 is 5.97 Å². The number of aliphatic carboxylic acids is 1. The number of carboxylic acids is 1. The van der Waals surface area contributed by atoms with Gasteiger partial charge in [0.15, 0.2) is 0 Å². The summed E-state index contributed by atoms with van der Waals surface area (Å²) in [6.07, 6.45) is 4.45. The topological polar surface area (TPSA) is 37.3 Å². The molecule has 0 spiro atoms. The van der Waals surface area contributed by atoms with Gasteiger partial charge in [-0.2, -0.15) is 0 Å². The maximum Gasteiger partial charge on any atom is 0.307 e. The van der Waals surface area contributed by atoms with Crippen LogP contribution in [0.5, 0.6) is 0 Å². The van der Waals surface area contributed by atoms with Gasteiger partial charge in [-0.05, 0) is 41.0 Å². The van der Waals surface area contributed by atoms with Crippen LogP contribution < -0.4 is 0 Å². The quantitative estimate of drug-likeness (QED) is 0.776. The van der Waals surface area contributed by atoms with Crippen molar-refractivity contribution in [3.05, 3.63) is 41.0 Å². The Bertz CT molecular complexity index is 542. The molecule has 0 aromatic heterocycles. The lowest BCUT2D eigenvalue weighted by molar-refractivity contribution is -0.138. The Morgan fingerprint density at radius 1 is 1.31 bits per heavy atom. The second-order valence-corrected chi connectivity index (χ2v) is 5.04. The van der Waals surface area contributed by atoms with E-state index in [4.69, 9.17) is 5.11 Å². The van der Waals surface area contributed by atoms with Gasteiger partial charge in [0.2, 0.25) is 0 Å². The first-order chi connectivity index (χ1) is 7.77. The van der Waals surface area contributed by atoms with Crippen molar-refractivity contribution in [3.8, 4) is 0 Å². The zero-order valence-electron chi connectivity index (χ0n) is 8.81. The summed E-state index contributed by atoms with van der Waals surface area (Å²) in [6, 6.07) is 6.38. The highest BCUT2D eigenvalue weighted by molar-refractivity contribution is 5.85. The fourth-order valence-electron chi connectivity index (χ4n) is 3.55. The zero-order valence-corrected chi connectivity index (χ0v) is 8.81. The first-order valence-corrected chi connectivity index (χ1v) is 5.83. The van der Waals surface area contributed by atoms with Crippen molar-refractivity contribution < 1.29 is 9.90 Å². The lowest BCUT2D eigenvalue weighted by Gasteiger charge is -2.13. The van der Waals surface area contributed by atoms with Gasteiger partial charge in [-0.15, -0.1) is 0 Å². The highest BCUT2D eigenvalue weighted by Gasteiger charge is 2.57. The number of hydrogen-bond donors (Lipinski definition) is 1. The van der Waals surface area contributed by atoms with E-state index in [2.05, 4.69) is 24.3 Å². The number of hydrogen-bond acceptors (Lipinski definition) is 1. The van der Waals surface area contributed by atoms with Crippen LogP contribution in [0.2, 0.25) is 0 Å². The number of allylic oxidation sites excluding steroid dienone is 2. The summed E-state index contributed by atoms with van der Waals surface area (Å²) >= 11 is 0. The normalized spacial score (nSPS) is 32.8. The number of benzene rings is 1. The van der Waals surface area contributed by atoms with E-state index in [-0.39, 0.29) is 17.8 Å². The number of carbonyl (C=O) groups is 1. The van der Waals surface area contributed by atoms with Crippen molar-refractivity contribution in [1.29, 1.82) is 0 Å². The molecule has 16 heavy (non-hydrogen) atoms. The molecule has 0 radical (unpaired) electrons. The number of aryl methyl sites for hydroxylation is 1. The predicted octanol–water partition coefficient (Wildman–Crippen LogP) is 2.44. The molecule has 1 aromatic carbocycles. The number of carboxylic acid groups (broad SMARTS) is 1. The van der Waals surface area contributed by atoms with Gasteiger partial charge in [0.1, 0.15) is 0 Å². The van der Waals surface area contributed by atoms with Crippen LogP contribution in [0.3, 0.4) is 0 Å². The van der Waals surface area contributed by atoms with Crippen LogP contribution in [0.15, 0.2) is 24.3 Å². The second-order valence-electron chi connectivity index (χ2n) is 5.04. The van der Waals surface area contributed by atoms with Crippen molar-refractivity contribution in [1.82, 2.24) is 0 Å². The second kappa shape index (κ2) is 2.57.